The Kier molecular flexibility index (Phi) is 64.4. The van der Waals surface area contributed by atoms with Crippen LogP contribution in [0.3, 0.4) is 0 Å². The summed E-state index contributed by atoms with van der Waals surface area (Å²) in [5.74, 6) is 0.146. The standard InChI is InChI=1S/C76H144O17P2/c1-8-10-11-12-13-14-15-16-17-20-23-28-36-43-50-57-73(78)86-63-71(92-75(80)59-52-45-38-29-24-21-18-19-22-26-33-40-47-54-67(3)4)65-90-94(82,83)88-61-70(77)62-89-95(84,85)91-66-72(93-76(81)60-53-46-39-30-25-27-34-41-48-55-68(5)6)64-87-74(79)58-51-44-37-32-31-35-42-49-56-69(7)9-2/h14-17,67-72,77H,8-13,18-66H2,1-7H3,(H,82,83)(H,84,85)/b15-14-,17-16-/t69?,70-,71-,72-/m1/s1. The van der Waals surface area contributed by atoms with Crippen LogP contribution in [0.5, 0.6) is 0 Å². The van der Waals surface area contributed by atoms with E-state index >= 15 is 0 Å². The number of ether oxygens (including phenoxy) is 4. The van der Waals surface area contributed by atoms with Gasteiger partial charge in [0.25, 0.3) is 0 Å². The molecule has 560 valence electrons. The number of hydrogen-bond acceptors (Lipinski definition) is 15. The Labute approximate surface area is 580 Å². The number of carbonyl (C=O) groups is 4. The van der Waals surface area contributed by atoms with Crippen LogP contribution in [0.2, 0.25) is 0 Å². The van der Waals surface area contributed by atoms with Gasteiger partial charge in [-0.05, 0) is 69.1 Å². The molecule has 19 heteroatoms. The van der Waals surface area contributed by atoms with E-state index in [-0.39, 0.29) is 25.7 Å². The molecule has 0 aliphatic rings. The van der Waals surface area contributed by atoms with Crippen LogP contribution >= 0.6 is 15.6 Å². The zero-order valence-corrected chi connectivity index (χ0v) is 63.4. The summed E-state index contributed by atoms with van der Waals surface area (Å²) in [6, 6.07) is 0. The van der Waals surface area contributed by atoms with E-state index in [1.54, 1.807) is 0 Å². The molecule has 0 amide bonds. The largest absolute Gasteiger partial charge is 0.472 e. The molecule has 17 nitrogen and oxygen atoms in total. The minimum absolute atomic E-state index is 0.0999. The summed E-state index contributed by atoms with van der Waals surface area (Å²) in [5, 5.41) is 10.6. The molecule has 0 aromatic heterocycles. The first-order valence-electron chi connectivity index (χ1n) is 38.7. The third-order valence-electron chi connectivity index (χ3n) is 17.4. The molecule has 0 aliphatic heterocycles. The van der Waals surface area contributed by atoms with Gasteiger partial charge >= 0.3 is 39.5 Å². The third kappa shape index (κ3) is 68.5. The van der Waals surface area contributed by atoms with E-state index in [1.807, 2.05) is 0 Å². The van der Waals surface area contributed by atoms with Gasteiger partial charge in [-0.15, -0.1) is 0 Å². The zero-order chi connectivity index (χ0) is 70.1. The lowest BCUT2D eigenvalue weighted by molar-refractivity contribution is -0.161. The van der Waals surface area contributed by atoms with Crippen molar-refractivity contribution in [2.24, 2.45) is 17.8 Å². The second-order valence-corrected chi connectivity index (χ2v) is 30.8. The molecule has 0 radical (unpaired) electrons. The molecule has 0 rings (SSSR count). The summed E-state index contributed by atoms with van der Waals surface area (Å²) in [6.07, 6.45) is 54.8. The van der Waals surface area contributed by atoms with Crippen molar-refractivity contribution in [2.45, 2.75) is 381 Å². The van der Waals surface area contributed by atoms with E-state index in [0.717, 1.165) is 127 Å². The van der Waals surface area contributed by atoms with Crippen molar-refractivity contribution in [3.05, 3.63) is 24.3 Å². The first-order chi connectivity index (χ1) is 45.8. The van der Waals surface area contributed by atoms with Crippen LogP contribution < -0.4 is 0 Å². The first-order valence-corrected chi connectivity index (χ1v) is 41.7. The summed E-state index contributed by atoms with van der Waals surface area (Å²) in [4.78, 5) is 72.8. The van der Waals surface area contributed by atoms with Gasteiger partial charge in [-0.2, -0.15) is 0 Å². The second-order valence-electron chi connectivity index (χ2n) is 27.9. The highest BCUT2D eigenvalue weighted by atomic mass is 31.2. The molecule has 0 spiro atoms. The number of hydrogen-bond donors (Lipinski definition) is 3. The summed E-state index contributed by atoms with van der Waals surface area (Å²) < 4.78 is 68.5. The Balaban J connectivity index is 5.30. The maximum absolute atomic E-state index is 13.1. The number of rotatable bonds is 72. The molecular weight excluding hydrogens is 1250 g/mol. The van der Waals surface area contributed by atoms with Gasteiger partial charge in [0.2, 0.25) is 0 Å². The summed E-state index contributed by atoms with van der Waals surface area (Å²) in [6.45, 7) is 11.8. The van der Waals surface area contributed by atoms with Crippen molar-refractivity contribution in [1.29, 1.82) is 0 Å². The van der Waals surface area contributed by atoms with E-state index in [1.165, 1.54) is 154 Å². The average molecular weight is 1390 g/mol. The molecular formula is C76H144O17P2. The van der Waals surface area contributed by atoms with Gasteiger partial charge in [0.05, 0.1) is 26.4 Å². The van der Waals surface area contributed by atoms with E-state index < -0.39 is 97.5 Å². The SMILES string of the molecule is CCCCCC/C=C\C=C/CCCCCCCC(=O)OC[C@H](COP(=O)(O)OC[C@@H](O)COP(=O)(O)OC[C@@H](COC(=O)CCCCCCCCCCC(C)CC)OC(=O)CCCCCCCCCCCC(C)C)OC(=O)CCCCCCCCCCCCCCCC(C)C. The fourth-order valence-electron chi connectivity index (χ4n) is 11.0. The van der Waals surface area contributed by atoms with Gasteiger partial charge in [-0.25, -0.2) is 9.13 Å². The van der Waals surface area contributed by atoms with Gasteiger partial charge in [0.1, 0.15) is 19.3 Å². The van der Waals surface area contributed by atoms with Crippen LogP contribution in [0.4, 0.5) is 0 Å². The Morgan fingerprint density at radius 2 is 0.621 bits per heavy atom. The zero-order valence-electron chi connectivity index (χ0n) is 61.6. The summed E-state index contributed by atoms with van der Waals surface area (Å²) >= 11 is 0. The molecule has 0 saturated heterocycles. The third-order valence-corrected chi connectivity index (χ3v) is 19.3. The molecule has 0 fully saturated rings. The lowest BCUT2D eigenvalue weighted by atomic mass is 9.99. The average Bonchev–Trinajstić information content (AvgIpc) is 2.72. The van der Waals surface area contributed by atoms with Crippen LogP contribution in [-0.4, -0.2) is 96.7 Å². The monoisotopic (exact) mass is 1390 g/mol. The first kappa shape index (κ1) is 92.5. The molecule has 6 atom stereocenters. The lowest BCUT2D eigenvalue weighted by Gasteiger charge is -2.21. The van der Waals surface area contributed by atoms with E-state index in [9.17, 15) is 43.2 Å². The number of aliphatic hydroxyl groups excluding tert-OH is 1. The molecule has 0 bridgehead atoms. The van der Waals surface area contributed by atoms with Crippen molar-refractivity contribution >= 4 is 39.5 Å². The molecule has 0 aliphatic carbocycles. The van der Waals surface area contributed by atoms with Crippen LogP contribution in [0.15, 0.2) is 24.3 Å². The molecule has 0 aromatic carbocycles. The number of esters is 4. The lowest BCUT2D eigenvalue weighted by Crippen LogP contribution is -2.30. The number of phosphoric acid groups is 2. The predicted octanol–water partition coefficient (Wildman–Crippen LogP) is 21.7. The molecule has 0 heterocycles. The van der Waals surface area contributed by atoms with Gasteiger partial charge < -0.3 is 33.8 Å². The second kappa shape index (κ2) is 66.1. The van der Waals surface area contributed by atoms with Gasteiger partial charge in [-0.3, -0.25) is 37.3 Å². The predicted molar refractivity (Wildman–Crippen MR) is 386 cm³/mol. The number of phosphoric ester groups is 2. The maximum Gasteiger partial charge on any atom is 0.472 e. The topological polar surface area (TPSA) is 237 Å². The van der Waals surface area contributed by atoms with Crippen molar-refractivity contribution in [3.8, 4) is 0 Å². The Bertz CT molecular complexity index is 1950. The van der Waals surface area contributed by atoms with E-state index in [4.69, 9.17) is 37.0 Å². The van der Waals surface area contributed by atoms with Crippen LogP contribution in [0, 0.1) is 17.8 Å². The highest BCUT2D eigenvalue weighted by Gasteiger charge is 2.30. The Hall–Kier alpha value is -2.46. The molecule has 0 saturated carbocycles. The summed E-state index contributed by atoms with van der Waals surface area (Å²) in [5.41, 5.74) is 0. The maximum atomic E-state index is 13.1. The van der Waals surface area contributed by atoms with Crippen LogP contribution in [0.1, 0.15) is 363 Å². The van der Waals surface area contributed by atoms with Gasteiger partial charge in [0, 0.05) is 25.7 Å². The number of allylic oxidation sites excluding steroid dienone is 4. The van der Waals surface area contributed by atoms with Crippen LogP contribution in [0.25, 0.3) is 0 Å². The van der Waals surface area contributed by atoms with Crippen LogP contribution in [-0.2, 0) is 65.4 Å². The van der Waals surface area contributed by atoms with Gasteiger partial charge in [0.15, 0.2) is 12.2 Å². The highest BCUT2D eigenvalue weighted by Crippen LogP contribution is 2.45. The fourth-order valence-corrected chi connectivity index (χ4v) is 12.6. The molecule has 3 N–H and O–H groups in total. The Morgan fingerprint density at radius 3 is 0.937 bits per heavy atom. The number of aliphatic hydroxyl groups is 1. The number of carbonyl (C=O) groups excluding carboxylic acids is 4. The molecule has 0 aromatic rings. The smallest absolute Gasteiger partial charge is 0.462 e. The van der Waals surface area contributed by atoms with E-state index in [2.05, 4.69) is 72.8 Å². The summed E-state index contributed by atoms with van der Waals surface area (Å²) in [7, 11) is -9.92. The van der Waals surface area contributed by atoms with Crippen molar-refractivity contribution in [3.63, 3.8) is 0 Å². The molecule has 3 unspecified atom stereocenters. The minimum atomic E-state index is -4.97. The Morgan fingerprint density at radius 1 is 0.347 bits per heavy atom. The van der Waals surface area contributed by atoms with E-state index in [0.29, 0.717) is 25.7 Å². The molecule has 95 heavy (non-hydrogen) atoms. The quantitative estimate of drug-likeness (QED) is 0.0169. The minimum Gasteiger partial charge on any atom is -0.462 e. The fraction of sp³-hybridized carbons (Fsp3) is 0.895. The van der Waals surface area contributed by atoms with Crippen molar-refractivity contribution < 1.29 is 80.2 Å². The van der Waals surface area contributed by atoms with Crippen molar-refractivity contribution in [2.75, 3.05) is 39.6 Å². The normalized spacial score (nSPS) is 14.5. The number of unbranched alkanes of at least 4 members (excludes halogenated alkanes) is 36. The van der Waals surface area contributed by atoms with Gasteiger partial charge in [-0.1, -0.05) is 310 Å². The highest BCUT2D eigenvalue weighted by molar-refractivity contribution is 7.47. The van der Waals surface area contributed by atoms with Crippen molar-refractivity contribution in [1.82, 2.24) is 0 Å².